The molecule has 30 heavy (non-hydrogen) atoms. The van der Waals surface area contributed by atoms with Crippen molar-refractivity contribution in [2.75, 3.05) is 5.32 Å². The van der Waals surface area contributed by atoms with Crippen LogP contribution in [0.5, 0.6) is 0 Å². The van der Waals surface area contributed by atoms with Gasteiger partial charge in [0.2, 0.25) is 0 Å². The molecule has 0 radical (unpaired) electrons. The second-order valence-electron chi connectivity index (χ2n) is 7.34. The number of pyridine rings is 2. The lowest BCUT2D eigenvalue weighted by atomic mass is 10.0. The van der Waals surface area contributed by atoms with Gasteiger partial charge < -0.3 is 14.7 Å². The fourth-order valence-corrected chi connectivity index (χ4v) is 3.94. The fourth-order valence-electron chi connectivity index (χ4n) is 3.94. The van der Waals surface area contributed by atoms with Crippen LogP contribution in [-0.2, 0) is 6.54 Å². The topological polar surface area (TPSA) is 66.7 Å². The van der Waals surface area contributed by atoms with E-state index in [9.17, 15) is 0 Å². The molecule has 144 valence electrons. The Morgan fingerprint density at radius 1 is 0.900 bits per heavy atom. The maximum absolute atomic E-state index is 6.10. The van der Waals surface area contributed by atoms with Gasteiger partial charge in [-0.2, -0.15) is 0 Å². The number of benzene rings is 2. The number of nitrogens with one attached hydrogen (secondary N) is 2. The van der Waals surface area contributed by atoms with E-state index in [-0.39, 0.29) is 0 Å². The van der Waals surface area contributed by atoms with Gasteiger partial charge in [-0.05, 0) is 41.3 Å². The van der Waals surface area contributed by atoms with Gasteiger partial charge in [0.05, 0.1) is 0 Å². The molecule has 0 fully saturated rings. The van der Waals surface area contributed by atoms with Gasteiger partial charge >= 0.3 is 0 Å². The zero-order chi connectivity index (χ0) is 19.9. The summed E-state index contributed by atoms with van der Waals surface area (Å²) in [4.78, 5) is 11.9. The van der Waals surface area contributed by atoms with Crippen molar-refractivity contribution in [1.29, 1.82) is 0 Å². The molecular weight excluding hydrogens is 372 g/mol. The summed E-state index contributed by atoms with van der Waals surface area (Å²) in [5.41, 5.74) is 5.02. The number of hydrogen-bond donors (Lipinski definition) is 2. The minimum Gasteiger partial charge on any atom is -0.456 e. The Balaban J connectivity index is 1.38. The highest BCUT2D eigenvalue weighted by Gasteiger charge is 2.11. The number of furan rings is 1. The third-order valence-corrected chi connectivity index (χ3v) is 5.46. The van der Waals surface area contributed by atoms with Crippen LogP contribution in [-0.4, -0.2) is 15.0 Å². The molecule has 5 heteroatoms. The predicted molar refractivity (Wildman–Crippen MR) is 120 cm³/mol. The molecule has 5 nitrogen and oxygen atoms in total. The molecule has 2 aromatic carbocycles. The van der Waals surface area contributed by atoms with Gasteiger partial charge in [-0.3, -0.25) is 4.98 Å². The molecule has 0 aliphatic carbocycles. The molecule has 0 spiro atoms. The molecule has 0 bridgehead atoms. The molecule has 0 unspecified atom stereocenters. The summed E-state index contributed by atoms with van der Waals surface area (Å²) in [6.45, 7) is 0.710. The molecule has 4 aromatic heterocycles. The average molecular weight is 390 g/mol. The van der Waals surface area contributed by atoms with Crippen molar-refractivity contribution in [2.24, 2.45) is 0 Å². The Kier molecular flexibility index (Phi) is 3.77. The molecule has 0 saturated carbocycles. The Morgan fingerprint density at radius 3 is 2.83 bits per heavy atom. The van der Waals surface area contributed by atoms with E-state index in [1.165, 1.54) is 5.56 Å². The van der Waals surface area contributed by atoms with Crippen molar-refractivity contribution in [2.45, 2.75) is 6.54 Å². The van der Waals surface area contributed by atoms with Crippen LogP contribution in [0.3, 0.4) is 0 Å². The summed E-state index contributed by atoms with van der Waals surface area (Å²) in [6, 6.07) is 20.6. The fraction of sp³-hybridized carbons (Fsp3) is 0.0400. The van der Waals surface area contributed by atoms with E-state index in [4.69, 9.17) is 4.42 Å². The quantitative estimate of drug-likeness (QED) is 0.380. The van der Waals surface area contributed by atoms with E-state index >= 15 is 0 Å². The number of nitrogens with zero attached hydrogens (tertiary/aromatic N) is 2. The lowest BCUT2D eigenvalue weighted by molar-refractivity contribution is 0.632. The van der Waals surface area contributed by atoms with Gasteiger partial charge in [0.25, 0.3) is 0 Å². The number of para-hydroxylation sites is 1. The summed E-state index contributed by atoms with van der Waals surface area (Å²) >= 11 is 0. The summed E-state index contributed by atoms with van der Waals surface area (Å²) < 4.78 is 6.10. The molecule has 6 rings (SSSR count). The number of aromatic nitrogens is 3. The first-order chi connectivity index (χ1) is 14.8. The SMILES string of the molecule is c1ccc2oc(-c3cncc4ccc(CNc5ccnc6[nH]ccc56)cc34)cc2c1. The number of hydrogen-bond acceptors (Lipinski definition) is 4. The Hall–Kier alpha value is -4.12. The van der Waals surface area contributed by atoms with Crippen molar-refractivity contribution in [3.05, 3.63) is 91.0 Å². The number of anilines is 1. The number of aromatic amines is 1. The van der Waals surface area contributed by atoms with Crippen molar-refractivity contribution in [3.63, 3.8) is 0 Å². The molecule has 4 heterocycles. The smallest absolute Gasteiger partial charge is 0.139 e. The predicted octanol–water partition coefficient (Wildman–Crippen LogP) is 6.14. The maximum Gasteiger partial charge on any atom is 0.139 e. The van der Waals surface area contributed by atoms with Gasteiger partial charge in [0.1, 0.15) is 17.0 Å². The lowest BCUT2D eigenvalue weighted by Gasteiger charge is -2.10. The summed E-state index contributed by atoms with van der Waals surface area (Å²) in [6.07, 6.45) is 7.49. The Morgan fingerprint density at radius 2 is 1.87 bits per heavy atom. The van der Waals surface area contributed by atoms with Crippen LogP contribution in [0.25, 0.3) is 44.1 Å². The molecule has 0 aliphatic heterocycles. The van der Waals surface area contributed by atoms with E-state index in [1.807, 2.05) is 55.1 Å². The van der Waals surface area contributed by atoms with Crippen molar-refractivity contribution in [3.8, 4) is 11.3 Å². The van der Waals surface area contributed by atoms with Gasteiger partial charge in [-0.25, -0.2) is 4.98 Å². The largest absolute Gasteiger partial charge is 0.456 e. The minimum absolute atomic E-state index is 0.710. The molecule has 0 aliphatic rings. The standard InChI is InChI=1S/C25H18N4O/c1-2-4-23-17(3-1)12-24(30-23)21-15-26-14-18-6-5-16(11-20(18)21)13-29-22-8-10-28-25-19(22)7-9-27-25/h1-12,14-15H,13H2,(H2,27,28,29). The van der Waals surface area contributed by atoms with Crippen LogP contribution in [0.4, 0.5) is 5.69 Å². The third-order valence-electron chi connectivity index (χ3n) is 5.46. The van der Waals surface area contributed by atoms with Gasteiger partial charge in [-0.1, -0.05) is 30.3 Å². The number of rotatable bonds is 4. The van der Waals surface area contributed by atoms with E-state index < -0.39 is 0 Å². The van der Waals surface area contributed by atoms with Crippen molar-refractivity contribution < 1.29 is 4.42 Å². The van der Waals surface area contributed by atoms with Crippen molar-refractivity contribution in [1.82, 2.24) is 15.0 Å². The second-order valence-corrected chi connectivity index (χ2v) is 7.34. The van der Waals surface area contributed by atoms with Crippen LogP contribution < -0.4 is 5.32 Å². The van der Waals surface area contributed by atoms with Gasteiger partial charge in [0.15, 0.2) is 0 Å². The molecule has 6 aromatic rings. The van der Waals surface area contributed by atoms with Gasteiger partial charge in [0, 0.05) is 58.7 Å². The highest BCUT2D eigenvalue weighted by Crippen LogP contribution is 2.33. The average Bonchev–Trinajstić information content (AvgIpc) is 3.44. The van der Waals surface area contributed by atoms with Crippen LogP contribution in [0.15, 0.2) is 89.9 Å². The molecule has 0 amide bonds. The number of H-pyrrole nitrogens is 1. The van der Waals surface area contributed by atoms with E-state index in [2.05, 4.69) is 50.6 Å². The molecule has 0 atom stereocenters. The normalized spacial score (nSPS) is 11.5. The van der Waals surface area contributed by atoms with E-state index in [0.29, 0.717) is 6.54 Å². The monoisotopic (exact) mass is 390 g/mol. The zero-order valence-corrected chi connectivity index (χ0v) is 16.1. The summed E-state index contributed by atoms with van der Waals surface area (Å²) in [5.74, 6) is 0.836. The Labute approximate surface area is 172 Å². The first-order valence-electron chi connectivity index (χ1n) is 9.87. The minimum atomic E-state index is 0.710. The van der Waals surface area contributed by atoms with Crippen LogP contribution in [0.1, 0.15) is 5.56 Å². The van der Waals surface area contributed by atoms with Crippen molar-refractivity contribution >= 4 is 38.5 Å². The summed E-state index contributed by atoms with van der Waals surface area (Å²) in [7, 11) is 0. The molecular formula is C25H18N4O. The summed E-state index contributed by atoms with van der Waals surface area (Å²) in [5, 5.41) is 7.94. The molecule has 0 saturated heterocycles. The highest BCUT2D eigenvalue weighted by atomic mass is 16.3. The maximum atomic E-state index is 6.10. The highest BCUT2D eigenvalue weighted by molar-refractivity contribution is 5.97. The van der Waals surface area contributed by atoms with Gasteiger partial charge in [-0.15, -0.1) is 0 Å². The van der Waals surface area contributed by atoms with Crippen LogP contribution in [0.2, 0.25) is 0 Å². The zero-order valence-electron chi connectivity index (χ0n) is 16.1. The second kappa shape index (κ2) is 6.74. The number of fused-ring (bicyclic) bond motifs is 3. The lowest BCUT2D eigenvalue weighted by Crippen LogP contribution is -2.00. The molecule has 2 N–H and O–H groups in total. The van der Waals surface area contributed by atoms with Crippen LogP contribution >= 0.6 is 0 Å². The van der Waals surface area contributed by atoms with E-state index in [0.717, 1.165) is 49.8 Å². The third kappa shape index (κ3) is 2.79. The first-order valence-corrected chi connectivity index (χ1v) is 9.87. The first kappa shape index (κ1) is 16.8. The van der Waals surface area contributed by atoms with Crippen LogP contribution in [0, 0.1) is 0 Å². The van der Waals surface area contributed by atoms with E-state index in [1.54, 1.807) is 0 Å². The Bertz CT molecular complexity index is 1480.